The molecular weight excluding hydrogens is 387 g/mol. The summed E-state index contributed by atoms with van der Waals surface area (Å²) >= 11 is 0. The first-order chi connectivity index (χ1) is 14.5. The summed E-state index contributed by atoms with van der Waals surface area (Å²) < 4.78 is 14.2. The number of aryl methyl sites for hydroxylation is 1. The number of anilines is 1. The van der Waals surface area contributed by atoms with Crippen LogP contribution in [0.25, 0.3) is 0 Å². The predicted octanol–water partition coefficient (Wildman–Crippen LogP) is 2.10. The predicted molar refractivity (Wildman–Crippen MR) is 108 cm³/mol. The van der Waals surface area contributed by atoms with Crippen molar-refractivity contribution in [2.75, 3.05) is 24.6 Å². The van der Waals surface area contributed by atoms with Gasteiger partial charge in [-0.3, -0.25) is 14.5 Å². The number of nitrogens with zero attached hydrogens (tertiary/aromatic N) is 4. The van der Waals surface area contributed by atoms with Gasteiger partial charge in [0.1, 0.15) is 24.1 Å². The number of halogens is 1. The molecule has 2 aliphatic heterocycles. The zero-order chi connectivity index (χ0) is 21.3. The van der Waals surface area contributed by atoms with E-state index in [4.69, 9.17) is 9.97 Å². The molecule has 2 aromatic rings. The van der Waals surface area contributed by atoms with Crippen molar-refractivity contribution in [3.63, 3.8) is 0 Å². The smallest absolute Gasteiger partial charge is 0.248 e. The van der Waals surface area contributed by atoms with Crippen molar-refractivity contribution >= 4 is 17.6 Å². The number of carbonyl (C=O) groups is 2. The Hall–Kier alpha value is -2.87. The van der Waals surface area contributed by atoms with Crippen LogP contribution < -0.4 is 4.90 Å². The second-order valence-electron chi connectivity index (χ2n) is 7.88. The van der Waals surface area contributed by atoms with Crippen molar-refractivity contribution in [3.8, 4) is 0 Å². The van der Waals surface area contributed by atoms with Gasteiger partial charge in [0.25, 0.3) is 0 Å². The van der Waals surface area contributed by atoms with E-state index in [-0.39, 0.29) is 30.1 Å². The van der Waals surface area contributed by atoms with E-state index >= 15 is 0 Å². The van der Waals surface area contributed by atoms with Crippen LogP contribution in [0.2, 0.25) is 0 Å². The summed E-state index contributed by atoms with van der Waals surface area (Å²) in [4.78, 5) is 37.3. The topological polar surface area (TPSA) is 86.6 Å². The second-order valence-corrected chi connectivity index (χ2v) is 7.88. The summed E-state index contributed by atoms with van der Waals surface area (Å²) in [6, 6.07) is 6.43. The summed E-state index contributed by atoms with van der Waals surface area (Å²) in [5, 5.41) is 9.18. The molecule has 3 heterocycles. The Morgan fingerprint density at radius 1 is 1.27 bits per heavy atom. The number of aromatic nitrogens is 2. The minimum absolute atomic E-state index is 0.0643. The first-order valence-corrected chi connectivity index (χ1v) is 10.3. The van der Waals surface area contributed by atoms with Crippen molar-refractivity contribution in [3.05, 3.63) is 52.7 Å². The van der Waals surface area contributed by atoms with Gasteiger partial charge in [-0.2, -0.15) is 0 Å². The number of hydrogen-bond acceptors (Lipinski definition) is 5. The maximum absolute atomic E-state index is 14.2. The summed E-state index contributed by atoms with van der Waals surface area (Å²) in [5.74, 6) is 0.332. The molecule has 0 radical (unpaired) electrons. The summed E-state index contributed by atoms with van der Waals surface area (Å²) in [7, 11) is 0. The van der Waals surface area contributed by atoms with E-state index < -0.39 is 6.61 Å². The number of hydrogen-bond donors (Lipinski definition) is 1. The molecular formula is C22H25FN4O3. The SMILES string of the molecule is Cc1nc(C2CCCN(C(=O)CO)C2)nc2c1CCC(=O)N2Cc1ccccc1F. The van der Waals surface area contributed by atoms with Gasteiger partial charge in [0.15, 0.2) is 0 Å². The molecule has 30 heavy (non-hydrogen) atoms. The first kappa shape index (κ1) is 20.4. The highest BCUT2D eigenvalue weighted by Crippen LogP contribution is 2.33. The van der Waals surface area contributed by atoms with Gasteiger partial charge in [0.2, 0.25) is 11.8 Å². The Labute approximate surface area is 174 Å². The molecule has 0 bridgehead atoms. The molecule has 0 aliphatic carbocycles. The number of likely N-dealkylation sites (tertiary alicyclic amines) is 1. The summed E-state index contributed by atoms with van der Waals surface area (Å²) in [6.45, 7) is 2.56. The molecule has 158 valence electrons. The van der Waals surface area contributed by atoms with Crippen LogP contribution in [-0.2, 0) is 22.6 Å². The molecule has 8 heteroatoms. The molecule has 7 nitrogen and oxygen atoms in total. The molecule has 0 spiro atoms. The largest absolute Gasteiger partial charge is 0.387 e. The fraction of sp³-hybridized carbons (Fsp3) is 0.455. The third-order valence-electron chi connectivity index (χ3n) is 5.92. The number of aliphatic hydroxyl groups is 1. The Kier molecular flexibility index (Phi) is 5.76. The highest BCUT2D eigenvalue weighted by atomic mass is 19.1. The van der Waals surface area contributed by atoms with E-state index in [9.17, 15) is 19.1 Å². The fourth-order valence-electron chi connectivity index (χ4n) is 4.26. The zero-order valence-electron chi connectivity index (χ0n) is 17.0. The van der Waals surface area contributed by atoms with E-state index in [1.165, 1.54) is 6.07 Å². The highest BCUT2D eigenvalue weighted by Gasteiger charge is 2.32. The Balaban J connectivity index is 1.67. The second kappa shape index (κ2) is 8.47. The zero-order valence-corrected chi connectivity index (χ0v) is 17.0. The molecule has 4 rings (SSSR count). The van der Waals surface area contributed by atoms with E-state index in [0.717, 1.165) is 24.1 Å². The Morgan fingerprint density at radius 3 is 2.83 bits per heavy atom. The van der Waals surface area contributed by atoms with Crippen molar-refractivity contribution in [2.45, 2.75) is 45.1 Å². The van der Waals surface area contributed by atoms with Crippen LogP contribution >= 0.6 is 0 Å². The molecule has 1 aromatic carbocycles. The third-order valence-corrected chi connectivity index (χ3v) is 5.92. The standard InChI is InChI=1S/C22H25FN4O3/c1-14-17-8-9-19(29)27(12-15-5-2-3-7-18(15)23)22(17)25-21(24-14)16-6-4-10-26(11-16)20(30)13-28/h2-3,5,7,16,28H,4,6,8-13H2,1H3. The molecule has 1 unspecified atom stereocenters. The average molecular weight is 412 g/mol. The quantitative estimate of drug-likeness (QED) is 0.831. The first-order valence-electron chi connectivity index (χ1n) is 10.3. The fourth-order valence-corrected chi connectivity index (χ4v) is 4.26. The lowest BCUT2D eigenvalue weighted by atomic mass is 9.95. The van der Waals surface area contributed by atoms with Crippen molar-refractivity contribution in [1.29, 1.82) is 0 Å². The van der Waals surface area contributed by atoms with Gasteiger partial charge >= 0.3 is 0 Å². The number of rotatable bonds is 4. The van der Waals surface area contributed by atoms with Crippen molar-refractivity contribution in [2.24, 2.45) is 0 Å². The van der Waals surface area contributed by atoms with Crippen LogP contribution in [0.3, 0.4) is 0 Å². The Morgan fingerprint density at radius 2 is 2.07 bits per heavy atom. The molecule has 1 N–H and O–H groups in total. The lowest BCUT2D eigenvalue weighted by Gasteiger charge is -2.33. The van der Waals surface area contributed by atoms with Crippen LogP contribution in [-0.4, -0.2) is 51.5 Å². The Bertz CT molecular complexity index is 981. The van der Waals surface area contributed by atoms with Gasteiger partial charge in [0, 0.05) is 42.2 Å². The number of carbonyl (C=O) groups excluding carboxylic acids is 2. The average Bonchev–Trinajstić information content (AvgIpc) is 2.76. The van der Waals surface area contributed by atoms with Crippen LogP contribution in [0.5, 0.6) is 0 Å². The number of amides is 2. The van der Waals surface area contributed by atoms with E-state index in [1.807, 2.05) is 6.92 Å². The normalized spacial score (nSPS) is 19.0. The van der Waals surface area contributed by atoms with E-state index in [1.54, 1.807) is 28.0 Å². The van der Waals surface area contributed by atoms with Crippen LogP contribution in [0.1, 0.15) is 47.8 Å². The van der Waals surface area contributed by atoms with Gasteiger partial charge in [0.05, 0.1) is 6.54 Å². The lowest BCUT2D eigenvalue weighted by molar-refractivity contribution is -0.135. The number of piperidine rings is 1. The molecule has 2 amide bonds. The molecule has 1 fully saturated rings. The van der Waals surface area contributed by atoms with E-state index in [2.05, 4.69) is 0 Å². The molecule has 1 aromatic heterocycles. The van der Waals surface area contributed by atoms with Gasteiger partial charge in [-0.25, -0.2) is 14.4 Å². The van der Waals surface area contributed by atoms with Gasteiger partial charge in [-0.05, 0) is 32.3 Å². The summed E-state index contributed by atoms with van der Waals surface area (Å²) in [6.07, 6.45) is 2.53. The van der Waals surface area contributed by atoms with Crippen molar-refractivity contribution in [1.82, 2.24) is 14.9 Å². The number of fused-ring (bicyclic) bond motifs is 1. The minimum Gasteiger partial charge on any atom is -0.387 e. The molecule has 2 aliphatic rings. The van der Waals surface area contributed by atoms with Crippen LogP contribution in [0.15, 0.2) is 24.3 Å². The molecule has 0 saturated carbocycles. The summed E-state index contributed by atoms with van der Waals surface area (Å²) in [5.41, 5.74) is 2.16. The third kappa shape index (κ3) is 3.92. The maximum Gasteiger partial charge on any atom is 0.248 e. The lowest BCUT2D eigenvalue weighted by Crippen LogP contribution is -2.41. The van der Waals surface area contributed by atoms with Gasteiger partial charge < -0.3 is 10.0 Å². The van der Waals surface area contributed by atoms with Gasteiger partial charge in [-0.15, -0.1) is 0 Å². The van der Waals surface area contributed by atoms with Crippen molar-refractivity contribution < 1.29 is 19.1 Å². The van der Waals surface area contributed by atoms with Crippen LogP contribution in [0.4, 0.5) is 10.2 Å². The molecule has 1 atom stereocenters. The number of aliphatic hydroxyl groups excluding tert-OH is 1. The minimum atomic E-state index is -0.512. The monoisotopic (exact) mass is 412 g/mol. The van der Waals surface area contributed by atoms with Crippen LogP contribution in [0, 0.1) is 12.7 Å². The number of benzene rings is 1. The molecule has 1 saturated heterocycles. The van der Waals surface area contributed by atoms with E-state index in [0.29, 0.717) is 43.1 Å². The maximum atomic E-state index is 14.2. The van der Waals surface area contributed by atoms with Gasteiger partial charge in [-0.1, -0.05) is 18.2 Å². The highest BCUT2D eigenvalue weighted by molar-refractivity contribution is 5.95.